The third-order valence-corrected chi connectivity index (χ3v) is 4.25. The average molecular weight is 230 g/mol. The Labute approximate surface area is 87.2 Å². The number of rotatable bonds is 3. The number of thiophene rings is 1. The van der Waals surface area contributed by atoms with Gasteiger partial charge in [0, 0.05) is 11.1 Å². The van der Waals surface area contributed by atoms with Crippen LogP contribution in [0.5, 0.6) is 0 Å². The first kappa shape index (κ1) is 11.0. The Hall–Kier alpha value is -1.03. The molecule has 1 rings (SSSR count). The number of sulfonamides is 1. The maximum Gasteiger partial charge on any atom is 0.250 e. The molecule has 0 aromatic carbocycles. The van der Waals surface area contributed by atoms with Crippen molar-refractivity contribution in [2.75, 3.05) is 12.3 Å². The van der Waals surface area contributed by atoms with Gasteiger partial charge in [-0.2, -0.15) is 4.72 Å². The summed E-state index contributed by atoms with van der Waals surface area (Å²) >= 11 is 1.09. The lowest BCUT2D eigenvalue weighted by Gasteiger charge is -1.98. The summed E-state index contributed by atoms with van der Waals surface area (Å²) in [7, 11) is -3.43. The van der Waals surface area contributed by atoms with Crippen LogP contribution >= 0.6 is 11.3 Å². The van der Waals surface area contributed by atoms with Gasteiger partial charge >= 0.3 is 0 Å². The summed E-state index contributed by atoms with van der Waals surface area (Å²) < 4.78 is 25.6. The fourth-order valence-corrected chi connectivity index (χ4v) is 2.81. The number of hydrogen-bond acceptors (Lipinski definition) is 4. The smallest absolute Gasteiger partial charge is 0.250 e. The van der Waals surface area contributed by atoms with Crippen molar-refractivity contribution >= 4 is 27.0 Å². The van der Waals surface area contributed by atoms with Gasteiger partial charge in [-0.25, -0.2) is 8.42 Å². The van der Waals surface area contributed by atoms with Crippen LogP contribution in [0, 0.1) is 11.8 Å². The average Bonchev–Trinajstić information content (AvgIpc) is 2.53. The molecule has 3 N–H and O–H groups in total. The highest BCUT2D eigenvalue weighted by Crippen LogP contribution is 2.20. The zero-order chi connectivity index (χ0) is 10.6. The summed E-state index contributed by atoms with van der Waals surface area (Å²) in [5.74, 6) is 5.21. The van der Waals surface area contributed by atoms with Crippen LogP contribution in [0.3, 0.4) is 0 Å². The lowest BCUT2D eigenvalue weighted by molar-refractivity contribution is 0.588. The van der Waals surface area contributed by atoms with Gasteiger partial charge in [0.1, 0.15) is 4.21 Å². The fourth-order valence-electron chi connectivity index (χ4n) is 0.762. The van der Waals surface area contributed by atoms with E-state index in [1.54, 1.807) is 12.3 Å². The number of nitrogens with one attached hydrogen (secondary N) is 1. The molecule has 0 aliphatic carbocycles. The molecule has 4 nitrogen and oxygen atoms in total. The van der Waals surface area contributed by atoms with Crippen LogP contribution in [0.1, 0.15) is 6.92 Å². The molecule has 0 atom stereocenters. The number of nitrogens with two attached hydrogens (primary N) is 1. The van der Waals surface area contributed by atoms with Crippen molar-refractivity contribution in [2.24, 2.45) is 0 Å². The molecule has 14 heavy (non-hydrogen) atoms. The van der Waals surface area contributed by atoms with Crippen LogP contribution in [-0.4, -0.2) is 15.0 Å². The van der Waals surface area contributed by atoms with Crippen molar-refractivity contribution in [1.29, 1.82) is 0 Å². The summed E-state index contributed by atoms with van der Waals surface area (Å²) in [6.07, 6.45) is 0. The molecule has 1 aromatic rings. The van der Waals surface area contributed by atoms with E-state index in [1.807, 2.05) is 0 Å². The normalized spacial score (nSPS) is 10.6. The van der Waals surface area contributed by atoms with Gasteiger partial charge in [-0.1, -0.05) is 5.92 Å². The zero-order valence-corrected chi connectivity index (χ0v) is 9.21. The fraction of sp³-hybridized carbons (Fsp3) is 0.250. The van der Waals surface area contributed by atoms with Crippen LogP contribution in [0.25, 0.3) is 0 Å². The van der Waals surface area contributed by atoms with E-state index in [-0.39, 0.29) is 10.8 Å². The van der Waals surface area contributed by atoms with Crippen molar-refractivity contribution < 1.29 is 8.42 Å². The quantitative estimate of drug-likeness (QED) is 0.748. The summed E-state index contributed by atoms with van der Waals surface area (Å²) in [5.41, 5.74) is 5.88. The predicted molar refractivity (Wildman–Crippen MR) is 57.4 cm³/mol. The second-order valence-corrected chi connectivity index (χ2v) is 5.36. The summed E-state index contributed by atoms with van der Waals surface area (Å²) in [5, 5.41) is 1.58. The number of nitrogen functional groups attached to an aromatic ring is 1. The summed E-state index contributed by atoms with van der Waals surface area (Å²) in [6.45, 7) is 1.77. The minimum Gasteiger partial charge on any atom is -0.398 e. The van der Waals surface area contributed by atoms with Crippen LogP contribution < -0.4 is 10.5 Å². The summed E-state index contributed by atoms with van der Waals surface area (Å²) in [6, 6.07) is 1.42. The molecule has 76 valence electrons. The molecule has 0 spiro atoms. The van der Waals surface area contributed by atoms with E-state index in [2.05, 4.69) is 16.6 Å². The molecule has 0 saturated carbocycles. The topological polar surface area (TPSA) is 72.2 Å². The Balaban J connectivity index is 2.79. The van der Waals surface area contributed by atoms with E-state index in [0.29, 0.717) is 5.69 Å². The molecular weight excluding hydrogens is 220 g/mol. The maximum absolute atomic E-state index is 11.5. The highest BCUT2D eigenvalue weighted by molar-refractivity contribution is 7.91. The largest absolute Gasteiger partial charge is 0.398 e. The van der Waals surface area contributed by atoms with Crippen molar-refractivity contribution in [3.63, 3.8) is 0 Å². The molecule has 0 radical (unpaired) electrons. The Kier molecular flexibility index (Phi) is 3.52. The van der Waals surface area contributed by atoms with Gasteiger partial charge in [0.25, 0.3) is 10.0 Å². The maximum atomic E-state index is 11.5. The van der Waals surface area contributed by atoms with Gasteiger partial charge in [0.05, 0.1) is 6.54 Å². The third kappa shape index (κ3) is 2.73. The van der Waals surface area contributed by atoms with Crippen molar-refractivity contribution in [2.45, 2.75) is 11.1 Å². The van der Waals surface area contributed by atoms with E-state index in [0.717, 1.165) is 11.3 Å². The van der Waals surface area contributed by atoms with E-state index < -0.39 is 10.0 Å². The van der Waals surface area contributed by atoms with Crippen molar-refractivity contribution in [1.82, 2.24) is 4.72 Å². The lowest BCUT2D eigenvalue weighted by Crippen LogP contribution is -2.23. The predicted octanol–water partition coefficient (Wildman–Crippen LogP) is 0.632. The van der Waals surface area contributed by atoms with Gasteiger partial charge < -0.3 is 5.73 Å². The Morgan fingerprint density at radius 2 is 2.36 bits per heavy atom. The Morgan fingerprint density at radius 1 is 1.64 bits per heavy atom. The van der Waals surface area contributed by atoms with E-state index >= 15 is 0 Å². The van der Waals surface area contributed by atoms with Crippen LogP contribution in [-0.2, 0) is 10.0 Å². The minimum atomic E-state index is -3.43. The molecule has 1 aromatic heterocycles. The standard InChI is InChI=1S/C8H10N2O2S2/c1-2-3-4-10-14(11,12)8-5-7(9)6-13-8/h5-6,10H,4,9H2,1H3. The highest BCUT2D eigenvalue weighted by Gasteiger charge is 2.14. The van der Waals surface area contributed by atoms with E-state index in [9.17, 15) is 8.42 Å². The molecule has 0 aliphatic rings. The van der Waals surface area contributed by atoms with Crippen LogP contribution in [0.15, 0.2) is 15.7 Å². The number of anilines is 1. The number of hydrogen-bond donors (Lipinski definition) is 2. The molecular formula is C8H10N2O2S2. The summed E-state index contributed by atoms with van der Waals surface area (Å²) in [4.78, 5) is 0. The van der Waals surface area contributed by atoms with Crippen molar-refractivity contribution in [3.05, 3.63) is 11.4 Å². The Bertz CT molecular complexity index is 465. The Morgan fingerprint density at radius 3 is 2.86 bits per heavy atom. The monoisotopic (exact) mass is 230 g/mol. The van der Waals surface area contributed by atoms with Crippen molar-refractivity contribution in [3.8, 4) is 11.8 Å². The minimum absolute atomic E-state index is 0.122. The first-order valence-electron chi connectivity index (χ1n) is 3.79. The molecule has 0 saturated heterocycles. The van der Waals surface area contributed by atoms with Gasteiger partial charge in [-0.3, -0.25) is 0 Å². The molecule has 6 heteroatoms. The van der Waals surface area contributed by atoms with Gasteiger partial charge in [0.2, 0.25) is 0 Å². The molecule has 0 aliphatic heterocycles. The molecule has 0 fully saturated rings. The molecule has 0 amide bonds. The van der Waals surface area contributed by atoms with Gasteiger partial charge in [-0.05, 0) is 13.0 Å². The van der Waals surface area contributed by atoms with Gasteiger partial charge in [0.15, 0.2) is 0 Å². The second kappa shape index (κ2) is 4.46. The highest BCUT2D eigenvalue weighted by atomic mass is 32.2. The van der Waals surface area contributed by atoms with Crippen LogP contribution in [0.4, 0.5) is 5.69 Å². The first-order chi connectivity index (χ1) is 6.56. The van der Waals surface area contributed by atoms with E-state index in [1.165, 1.54) is 6.07 Å². The van der Waals surface area contributed by atoms with Gasteiger partial charge in [-0.15, -0.1) is 17.3 Å². The second-order valence-electron chi connectivity index (χ2n) is 2.45. The molecule has 0 bridgehead atoms. The lowest BCUT2D eigenvalue weighted by atomic mass is 10.6. The van der Waals surface area contributed by atoms with Crippen LogP contribution in [0.2, 0.25) is 0 Å². The third-order valence-electron chi connectivity index (χ3n) is 1.39. The SMILES string of the molecule is CC#CCNS(=O)(=O)c1cc(N)cs1. The zero-order valence-electron chi connectivity index (χ0n) is 7.57. The molecule has 1 heterocycles. The molecule has 0 unspecified atom stereocenters. The van der Waals surface area contributed by atoms with E-state index in [4.69, 9.17) is 5.73 Å². The first-order valence-corrected chi connectivity index (χ1v) is 6.16.